The summed E-state index contributed by atoms with van der Waals surface area (Å²) in [6.07, 6.45) is 0. The molecule has 0 radical (unpaired) electrons. The molecule has 106 valence electrons. The number of halogens is 2. The Bertz CT molecular complexity index is 635. The average Bonchev–Trinajstić information content (AvgIpc) is 2.83. The highest BCUT2D eigenvalue weighted by Crippen LogP contribution is 2.35. The first kappa shape index (κ1) is 15.1. The fourth-order valence-electron chi connectivity index (χ4n) is 1.45. The van der Waals surface area contributed by atoms with Crippen LogP contribution in [0.5, 0.6) is 0 Å². The van der Waals surface area contributed by atoms with Gasteiger partial charge in [0.15, 0.2) is 5.13 Å². The first-order valence-corrected chi connectivity index (χ1v) is 7.36. The molecule has 1 heterocycles. The van der Waals surface area contributed by atoms with E-state index in [4.69, 9.17) is 23.2 Å². The van der Waals surface area contributed by atoms with Gasteiger partial charge in [-0.3, -0.25) is 4.79 Å². The van der Waals surface area contributed by atoms with E-state index in [-0.39, 0.29) is 0 Å². The third kappa shape index (κ3) is 2.90. The molecule has 2 rings (SSSR count). The van der Waals surface area contributed by atoms with Gasteiger partial charge in [-0.05, 0) is 26.0 Å². The van der Waals surface area contributed by atoms with Gasteiger partial charge in [0.25, 0.3) is 0 Å². The highest BCUT2D eigenvalue weighted by atomic mass is 35.5. The molecule has 0 atom stereocenters. The Labute approximate surface area is 130 Å². The molecule has 0 bridgehead atoms. The van der Waals surface area contributed by atoms with E-state index in [1.807, 2.05) is 0 Å². The molecule has 0 aliphatic heterocycles. The predicted octanol–water partition coefficient (Wildman–Crippen LogP) is 4.56. The smallest absolute Gasteiger partial charge is 0.315 e. The number of nitrogens with one attached hydrogen (secondary N) is 1. The lowest BCUT2D eigenvalue weighted by molar-refractivity contribution is -0.142. The maximum absolute atomic E-state index is 11.2. The van der Waals surface area contributed by atoms with Gasteiger partial charge in [0.2, 0.25) is 0 Å². The number of carboxylic acid groups (broad SMARTS) is 1. The summed E-state index contributed by atoms with van der Waals surface area (Å²) in [7, 11) is 0. The Balaban J connectivity index is 2.29. The number of aliphatic carboxylic acids is 1. The number of nitrogens with zero attached hydrogens (tertiary/aromatic N) is 1. The Morgan fingerprint density at radius 2 is 1.95 bits per heavy atom. The van der Waals surface area contributed by atoms with Crippen LogP contribution >= 0.6 is 34.5 Å². The number of para-hydroxylation sites is 1. The Kier molecular flexibility index (Phi) is 4.22. The van der Waals surface area contributed by atoms with Crippen LogP contribution in [0.2, 0.25) is 10.0 Å². The number of benzene rings is 1. The lowest BCUT2D eigenvalue weighted by atomic mass is 9.90. The summed E-state index contributed by atoms with van der Waals surface area (Å²) in [5.74, 6) is -0.926. The molecule has 0 amide bonds. The molecule has 7 heteroatoms. The molecule has 0 saturated heterocycles. The zero-order valence-electron chi connectivity index (χ0n) is 10.8. The van der Waals surface area contributed by atoms with Crippen molar-refractivity contribution < 1.29 is 9.90 Å². The zero-order chi connectivity index (χ0) is 14.9. The van der Waals surface area contributed by atoms with Gasteiger partial charge in [0.1, 0.15) is 5.41 Å². The van der Waals surface area contributed by atoms with Gasteiger partial charge < -0.3 is 10.4 Å². The number of hydrogen-bond donors (Lipinski definition) is 2. The van der Waals surface area contributed by atoms with Crippen LogP contribution in [-0.4, -0.2) is 16.1 Å². The molecule has 2 N–H and O–H groups in total. The van der Waals surface area contributed by atoms with Gasteiger partial charge >= 0.3 is 5.97 Å². The topological polar surface area (TPSA) is 62.2 Å². The van der Waals surface area contributed by atoms with Gasteiger partial charge in [0.05, 0.1) is 21.4 Å². The van der Waals surface area contributed by atoms with E-state index in [9.17, 15) is 9.90 Å². The quantitative estimate of drug-likeness (QED) is 0.862. The minimum absolute atomic E-state index is 0.478. The second-order valence-corrected chi connectivity index (χ2v) is 6.36. The maximum atomic E-state index is 11.2. The molecule has 1 aromatic heterocycles. The van der Waals surface area contributed by atoms with E-state index in [2.05, 4.69) is 10.3 Å². The molecule has 4 nitrogen and oxygen atoms in total. The molecule has 0 fully saturated rings. The molecule has 2 aromatic rings. The Morgan fingerprint density at radius 1 is 1.35 bits per heavy atom. The van der Waals surface area contributed by atoms with Gasteiger partial charge in [0, 0.05) is 5.38 Å². The second-order valence-electron chi connectivity index (χ2n) is 4.69. The number of carboxylic acids is 1. The summed E-state index contributed by atoms with van der Waals surface area (Å²) in [5.41, 5.74) is 0.00583. The minimum atomic E-state index is -1.04. The highest BCUT2D eigenvalue weighted by Gasteiger charge is 2.32. The van der Waals surface area contributed by atoms with Crippen molar-refractivity contribution in [3.63, 3.8) is 0 Å². The van der Waals surface area contributed by atoms with Crippen molar-refractivity contribution in [1.82, 2.24) is 4.98 Å². The number of anilines is 2. The lowest BCUT2D eigenvalue weighted by Crippen LogP contribution is -2.28. The van der Waals surface area contributed by atoms with E-state index in [1.54, 1.807) is 37.4 Å². The van der Waals surface area contributed by atoms with Crippen molar-refractivity contribution in [2.45, 2.75) is 19.3 Å². The number of thiazole rings is 1. The first-order chi connectivity index (χ1) is 9.32. The number of rotatable bonds is 4. The fourth-order valence-corrected chi connectivity index (χ4v) is 2.83. The van der Waals surface area contributed by atoms with Crippen LogP contribution in [0.25, 0.3) is 0 Å². The monoisotopic (exact) mass is 330 g/mol. The summed E-state index contributed by atoms with van der Waals surface area (Å²) in [6, 6.07) is 5.17. The van der Waals surface area contributed by atoms with E-state index in [0.717, 1.165) is 0 Å². The van der Waals surface area contributed by atoms with Gasteiger partial charge in [-0.25, -0.2) is 4.98 Å². The number of aromatic nitrogens is 1. The summed E-state index contributed by atoms with van der Waals surface area (Å²) >= 11 is 13.4. The van der Waals surface area contributed by atoms with Crippen LogP contribution in [0.15, 0.2) is 23.6 Å². The van der Waals surface area contributed by atoms with E-state index < -0.39 is 11.4 Å². The predicted molar refractivity (Wildman–Crippen MR) is 82.5 cm³/mol. The van der Waals surface area contributed by atoms with Gasteiger partial charge in [-0.15, -0.1) is 11.3 Å². The fraction of sp³-hybridized carbons (Fsp3) is 0.231. The minimum Gasteiger partial charge on any atom is -0.481 e. The average molecular weight is 331 g/mol. The van der Waals surface area contributed by atoms with Gasteiger partial charge in [-0.1, -0.05) is 29.3 Å². The molecule has 0 unspecified atom stereocenters. The first-order valence-electron chi connectivity index (χ1n) is 5.73. The van der Waals surface area contributed by atoms with Crippen LogP contribution < -0.4 is 5.32 Å². The zero-order valence-corrected chi connectivity index (χ0v) is 13.1. The van der Waals surface area contributed by atoms with Crippen molar-refractivity contribution in [1.29, 1.82) is 0 Å². The molecule has 0 spiro atoms. The summed E-state index contributed by atoms with van der Waals surface area (Å²) < 4.78 is 0. The number of carbonyl (C=O) groups is 1. The van der Waals surface area contributed by atoms with Crippen LogP contribution in [0.4, 0.5) is 10.8 Å². The van der Waals surface area contributed by atoms with Crippen LogP contribution in [-0.2, 0) is 10.2 Å². The summed E-state index contributed by atoms with van der Waals surface area (Å²) in [5, 5.41) is 15.4. The van der Waals surface area contributed by atoms with E-state index >= 15 is 0 Å². The van der Waals surface area contributed by atoms with Crippen LogP contribution in [0.3, 0.4) is 0 Å². The van der Waals surface area contributed by atoms with Crippen LogP contribution in [0, 0.1) is 0 Å². The van der Waals surface area contributed by atoms with Crippen molar-refractivity contribution in [3.8, 4) is 0 Å². The van der Waals surface area contributed by atoms with Crippen molar-refractivity contribution >= 4 is 51.3 Å². The maximum Gasteiger partial charge on any atom is 0.315 e. The van der Waals surface area contributed by atoms with Crippen LogP contribution in [0.1, 0.15) is 19.5 Å². The molecule has 0 aliphatic carbocycles. The SMILES string of the molecule is CC(C)(C(=O)O)c1csc(Nc2c(Cl)cccc2Cl)n1. The molecular formula is C13H12Cl2N2O2S. The third-order valence-electron chi connectivity index (χ3n) is 2.87. The largest absolute Gasteiger partial charge is 0.481 e. The molecule has 20 heavy (non-hydrogen) atoms. The molecular weight excluding hydrogens is 319 g/mol. The van der Waals surface area contributed by atoms with E-state index in [1.165, 1.54) is 11.3 Å². The van der Waals surface area contributed by atoms with Crippen molar-refractivity contribution in [2.75, 3.05) is 5.32 Å². The highest BCUT2D eigenvalue weighted by molar-refractivity contribution is 7.13. The molecule has 1 aromatic carbocycles. The second kappa shape index (κ2) is 5.60. The molecule has 0 saturated carbocycles. The Morgan fingerprint density at radius 3 is 2.50 bits per heavy atom. The molecule has 0 aliphatic rings. The standard InChI is InChI=1S/C13H12Cl2N2O2S/c1-13(2,11(18)19)9-6-20-12(16-9)17-10-7(14)4-3-5-8(10)15/h3-6H,1-2H3,(H,16,17)(H,18,19). The van der Waals surface area contributed by atoms with E-state index in [0.29, 0.717) is 26.6 Å². The van der Waals surface area contributed by atoms with Crippen molar-refractivity contribution in [2.24, 2.45) is 0 Å². The summed E-state index contributed by atoms with van der Waals surface area (Å²) in [4.78, 5) is 15.5. The van der Waals surface area contributed by atoms with Gasteiger partial charge in [-0.2, -0.15) is 0 Å². The third-order valence-corrected chi connectivity index (χ3v) is 4.26. The van der Waals surface area contributed by atoms with Crippen molar-refractivity contribution in [3.05, 3.63) is 39.3 Å². The normalized spacial score (nSPS) is 11.4. The number of hydrogen-bond acceptors (Lipinski definition) is 4. The lowest BCUT2D eigenvalue weighted by Gasteiger charge is -2.15. The Hall–Kier alpha value is -1.30. The summed E-state index contributed by atoms with van der Waals surface area (Å²) in [6.45, 7) is 3.22.